The van der Waals surface area contributed by atoms with Crippen molar-refractivity contribution in [3.8, 4) is 0 Å². The van der Waals surface area contributed by atoms with Crippen LogP contribution in [0, 0.1) is 0 Å². The third-order valence-electron chi connectivity index (χ3n) is 3.18. The zero-order valence-corrected chi connectivity index (χ0v) is 13.1. The second-order valence-electron chi connectivity index (χ2n) is 5.50. The summed E-state index contributed by atoms with van der Waals surface area (Å²) >= 11 is 0. The summed E-state index contributed by atoms with van der Waals surface area (Å²) < 4.78 is 5.25. The summed E-state index contributed by atoms with van der Waals surface area (Å²) in [6.07, 6.45) is 0.0497. The smallest absolute Gasteiger partial charge is 0.235 e. The van der Waals surface area contributed by atoms with E-state index >= 15 is 0 Å². The average molecular weight is 299 g/mol. The van der Waals surface area contributed by atoms with E-state index in [1.807, 2.05) is 18.7 Å². The minimum Gasteiger partial charge on any atom is -0.359 e. The third-order valence-corrected chi connectivity index (χ3v) is 3.18. The van der Waals surface area contributed by atoms with E-state index in [1.165, 1.54) is 6.92 Å². The van der Waals surface area contributed by atoms with Gasteiger partial charge in [0.25, 0.3) is 0 Å². The average Bonchev–Trinajstić information content (AvgIpc) is 2.38. The van der Waals surface area contributed by atoms with Crippen molar-refractivity contribution in [3.05, 3.63) is 0 Å². The highest BCUT2D eigenvalue weighted by molar-refractivity contribution is 5.96. The SMILES string of the molecule is CC(=O)CC(=O)N1CCN(CC(=O)NCOC(C)C)CC1. The highest BCUT2D eigenvalue weighted by Crippen LogP contribution is 2.04. The fraction of sp³-hybridized carbons (Fsp3) is 0.786. The Balaban J connectivity index is 2.22. The van der Waals surface area contributed by atoms with Crippen LogP contribution in [0.4, 0.5) is 0 Å². The molecule has 1 aliphatic rings. The van der Waals surface area contributed by atoms with Crippen LogP contribution < -0.4 is 5.32 Å². The lowest BCUT2D eigenvalue weighted by Crippen LogP contribution is -2.51. The Hall–Kier alpha value is -1.47. The summed E-state index contributed by atoms with van der Waals surface area (Å²) in [4.78, 5) is 38.0. The normalized spacial score (nSPS) is 16.1. The Kier molecular flexibility index (Phi) is 7.31. The number of Topliss-reactive ketones (excluding diaryl/α,β-unsaturated/α-hetero) is 1. The second-order valence-corrected chi connectivity index (χ2v) is 5.50. The van der Waals surface area contributed by atoms with Crippen molar-refractivity contribution >= 4 is 17.6 Å². The predicted molar refractivity (Wildman–Crippen MR) is 77.5 cm³/mol. The van der Waals surface area contributed by atoms with E-state index in [4.69, 9.17) is 4.74 Å². The van der Waals surface area contributed by atoms with Crippen LogP contribution in [0.15, 0.2) is 0 Å². The summed E-state index contributed by atoms with van der Waals surface area (Å²) in [6, 6.07) is 0. The van der Waals surface area contributed by atoms with Crippen molar-refractivity contribution in [2.45, 2.75) is 33.3 Å². The van der Waals surface area contributed by atoms with Gasteiger partial charge in [-0.3, -0.25) is 19.3 Å². The van der Waals surface area contributed by atoms with Crippen LogP contribution in [0.3, 0.4) is 0 Å². The predicted octanol–water partition coefficient (Wildman–Crippen LogP) is -0.392. The zero-order valence-electron chi connectivity index (χ0n) is 13.1. The van der Waals surface area contributed by atoms with Gasteiger partial charge in [-0.15, -0.1) is 0 Å². The van der Waals surface area contributed by atoms with Gasteiger partial charge in [-0.25, -0.2) is 0 Å². The number of amides is 2. The standard InChI is InChI=1S/C14H25N3O4/c1-11(2)21-10-15-13(19)9-16-4-6-17(7-5-16)14(20)8-12(3)18/h11H,4-10H2,1-3H3,(H,15,19). The van der Waals surface area contributed by atoms with Gasteiger partial charge >= 0.3 is 0 Å². The molecule has 0 spiro atoms. The third kappa shape index (κ3) is 7.19. The molecule has 1 N–H and O–H groups in total. The van der Waals surface area contributed by atoms with E-state index in [-0.39, 0.29) is 36.9 Å². The van der Waals surface area contributed by atoms with Crippen LogP contribution in [0.25, 0.3) is 0 Å². The Morgan fingerprint density at radius 1 is 1.14 bits per heavy atom. The van der Waals surface area contributed by atoms with Crippen LogP contribution >= 0.6 is 0 Å². The molecule has 0 atom stereocenters. The molecular formula is C14H25N3O4. The number of hydrogen-bond acceptors (Lipinski definition) is 5. The number of rotatable bonds is 7. The molecule has 0 saturated carbocycles. The van der Waals surface area contributed by atoms with Crippen molar-refractivity contribution in [2.75, 3.05) is 39.5 Å². The fourth-order valence-electron chi connectivity index (χ4n) is 2.03. The van der Waals surface area contributed by atoms with Crippen LogP contribution in [0.5, 0.6) is 0 Å². The monoisotopic (exact) mass is 299 g/mol. The Labute approximate surface area is 125 Å². The maximum atomic E-state index is 11.7. The van der Waals surface area contributed by atoms with E-state index in [0.29, 0.717) is 32.7 Å². The molecule has 0 aliphatic carbocycles. The van der Waals surface area contributed by atoms with Gasteiger partial charge in [0, 0.05) is 26.2 Å². The molecule has 1 rings (SSSR count). The largest absolute Gasteiger partial charge is 0.359 e. The minimum absolute atomic E-state index is 0.0347. The van der Waals surface area contributed by atoms with Gasteiger partial charge in [0.15, 0.2) is 0 Å². The summed E-state index contributed by atoms with van der Waals surface area (Å²) in [6.45, 7) is 8.14. The van der Waals surface area contributed by atoms with E-state index in [1.54, 1.807) is 4.90 Å². The first-order valence-corrected chi connectivity index (χ1v) is 7.26. The van der Waals surface area contributed by atoms with Crippen molar-refractivity contribution in [2.24, 2.45) is 0 Å². The first kappa shape index (κ1) is 17.6. The molecule has 0 aromatic heterocycles. The molecule has 2 amide bonds. The second kappa shape index (κ2) is 8.74. The molecule has 21 heavy (non-hydrogen) atoms. The lowest BCUT2D eigenvalue weighted by molar-refractivity contribution is -0.136. The molecule has 7 heteroatoms. The van der Waals surface area contributed by atoms with Gasteiger partial charge in [0.2, 0.25) is 11.8 Å². The number of piperazine rings is 1. The van der Waals surface area contributed by atoms with E-state index < -0.39 is 0 Å². The van der Waals surface area contributed by atoms with Crippen molar-refractivity contribution < 1.29 is 19.1 Å². The molecule has 0 unspecified atom stereocenters. The number of hydrogen-bond donors (Lipinski definition) is 1. The van der Waals surface area contributed by atoms with Crippen molar-refractivity contribution in [1.82, 2.24) is 15.1 Å². The summed E-state index contributed by atoms with van der Waals surface area (Å²) in [5, 5.41) is 2.69. The molecule has 1 heterocycles. The Morgan fingerprint density at radius 3 is 2.29 bits per heavy atom. The highest BCUT2D eigenvalue weighted by Gasteiger charge is 2.22. The van der Waals surface area contributed by atoms with E-state index in [2.05, 4.69) is 5.32 Å². The Bertz CT molecular complexity index is 376. The molecule has 1 aliphatic heterocycles. The number of ketones is 1. The zero-order chi connectivity index (χ0) is 15.8. The molecule has 0 aromatic rings. The molecular weight excluding hydrogens is 274 g/mol. The van der Waals surface area contributed by atoms with Gasteiger partial charge in [0.05, 0.1) is 19.1 Å². The van der Waals surface area contributed by atoms with Gasteiger partial charge < -0.3 is 15.0 Å². The number of carbonyl (C=O) groups is 3. The number of carbonyl (C=O) groups excluding carboxylic acids is 3. The first-order valence-electron chi connectivity index (χ1n) is 7.26. The maximum absolute atomic E-state index is 11.7. The summed E-state index contributed by atoms with van der Waals surface area (Å²) in [7, 11) is 0. The van der Waals surface area contributed by atoms with Gasteiger partial charge in [0.1, 0.15) is 12.5 Å². The molecule has 1 fully saturated rings. The molecule has 0 bridgehead atoms. The van der Waals surface area contributed by atoms with E-state index in [9.17, 15) is 14.4 Å². The van der Waals surface area contributed by atoms with Crippen molar-refractivity contribution in [1.29, 1.82) is 0 Å². The Morgan fingerprint density at radius 2 is 1.76 bits per heavy atom. The lowest BCUT2D eigenvalue weighted by Gasteiger charge is -2.34. The van der Waals surface area contributed by atoms with Crippen LogP contribution in [-0.2, 0) is 19.1 Å². The van der Waals surface area contributed by atoms with Gasteiger partial charge in [-0.2, -0.15) is 0 Å². The fourth-order valence-corrected chi connectivity index (χ4v) is 2.03. The lowest BCUT2D eigenvalue weighted by atomic mass is 10.2. The number of nitrogens with one attached hydrogen (secondary N) is 1. The van der Waals surface area contributed by atoms with Crippen LogP contribution in [-0.4, -0.2) is 73.0 Å². The maximum Gasteiger partial charge on any atom is 0.235 e. The molecule has 120 valence electrons. The van der Waals surface area contributed by atoms with Crippen LogP contribution in [0.1, 0.15) is 27.2 Å². The molecule has 0 aromatic carbocycles. The summed E-state index contributed by atoms with van der Waals surface area (Å²) in [5.74, 6) is -0.331. The first-order chi connectivity index (χ1) is 9.88. The van der Waals surface area contributed by atoms with Gasteiger partial charge in [-0.05, 0) is 20.8 Å². The topological polar surface area (TPSA) is 79.0 Å². The van der Waals surface area contributed by atoms with E-state index in [0.717, 1.165) is 0 Å². The van der Waals surface area contributed by atoms with Gasteiger partial charge in [-0.1, -0.05) is 0 Å². The highest BCUT2D eigenvalue weighted by atomic mass is 16.5. The van der Waals surface area contributed by atoms with Crippen LogP contribution in [0.2, 0.25) is 0 Å². The quantitative estimate of drug-likeness (QED) is 0.511. The van der Waals surface area contributed by atoms with Crippen molar-refractivity contribution in [3.63, 3.8) is 0 Å². The number of nitrogens with zero attached hydrogens (tertiary/aromatic N) is 2. The molecule has 1 saturated heterocycles. The number of ether oxygens (including phenoxy) is 1. The molecule has 0 radical (unpaired) electrons. The molecule has 7 nitrogen and oxygen atoms in total. The minimum atomic E-state index is -0.128. The summed E-state index contributed by atoms with van der Waals surface area (Å²) in [5.41, 5.74) is 0.